The monoisotopic (exact) mass is 859 g/mol. The Balaban J connectivity index is 1.46. The van der Waals surface area contributed by atoms with Crippen LogP contribution < -0.4 is 21.2 Å². The highest BCUT2D eigenvalue weighted by Crippen LogP contribution is 2.50. The highest BCUT2D eigenvalue weighted by molar-refractivity contribution is 7.94. The highest BCUT2D eigenvalue weighted by Gasteiger charge is 2.40. The van der Waals surface area contributed by atoms with Gasteiger partial charge in [0.25, 0.3) is 10.1 Å². The molecular formula is C49H51NO7P2S. The fraction of sp³-hybridized carbons (Fsp3) is 0.224. The molecule has 0 heterocycles. The van der Waals surface area contributed by atoms with Gasteiger partial charge in [0.2, 0.25) is 25.3 Å². The van der Waals surface area contributed by atoms with Gasteiger partial charge in [0.15, 0.2) is 0 Å². The molecule has 6 rings (SSSR count). The van der Waals surface area contributed by atoms with Crippen LogP contribution in [0.1, 0.15) is 65.2 Å². The van der Waals surface area contributed by atoms with Crippen molar-refractivity contribution in [3.8, 4) is 0 Å². The van der Waals surface area contributed by atoms with E-state index < -0.39 is 35.5 Å². The number of rotatable bonds is 16. The molecule has 0 saturated heterocycles. The minimum Gasteiger partial charge on any atom is -0.305 e. The lowest BCUT2D eigenvalue weighted by Gasteiger charge is -2.29. The fourth-order valence-electron chi connectivity index (χ4n) is 8.22. The van der Waals surface area contributed by atoms with Crippen LogP contribution in [-0.2, 0) is 36.5 Å². The van der Waals surface area contributed by atoms with E-state index >= 15 is 9.13 Å². The number of hydrogen-bond donors (Lipinski definition) is 0. The molecule has 0 unspecified atom stereocenters. The molecule has 0 aliphatic rings. The number of hydrogen-bond acceptors (Lipinski definition) is 8. The predicted octanol–water partition coefficient (Wildman–Crippen LogP) is 8.82. The van der Waals surface area contributed by atoms with Crippen molar-refractivity contribution >= 4 is 56.7 Å². The van der Waals surface area contributed by atoms with E-state index in [1.807, 2.05) is 82.8 Å². The van der Waals surface area contributed by atoms with Gasteiger partial charge in [-0.15, -0.1) is 0 Å². The molecule has 0 bridgehead atoms. The third kappa shape index (κ3) is 8.74. The van der Waals surface area contributed by atoms with Gasteiger partial charge in [0.1, 0.15) is 0 Å². The zero-order valence-corrected chi connectivity index (χ0v) is 37.7. The second kappa shape index (κ2) is 18.3. The second-order valence-electron chi connectivity index (χ2n) is 15.3. The topological polar surface area (TPSA) is 115 Å². The first-order valence-corrected chi connectivity index (χ1v) is 24.8. The summed E-state index contributed by atoms with van der Waals surface area (Å²) in [6.45, 7) is 11.8. The first kappa shape index (κ1) is 44.5. The summed E-state index contributed by atoms with van der Waals surface area (Å²) in [5.74, 6) is -0.316. The average molecular weight is 860 g/mol. The Morgan fingerprint density at radius 2 is 0.817 bits per heavy atom. The SMILES string of the molecule is COS(=O)(=O)CCN(Cc1c(C)cc(C)c(C(=O)P(=O)(c2ccccc2)c2ccccc2)c1C)Cc1c(C)cc(C)c(C(=O)P(=O)(c2ccccc2)c2ccccc2)c1C. The third-order valence-electron chi connectivity index (χ3n) is 11.4. The van der Waals surface area contributed by atoms with Gasteiger partial charge in [0, 0.05) is 52.0 Å². The quantitative estimate of drug-likeness (QED) is 0.0701. The van der Waals surface area contributed by atoms with Crippen LogP contribution in [0.3, 0.4) is 0 Å². The Morgan fingerprint density at radius 1 is 0.517 bits per heavy atom. The minimum atomic E-state index is -3.88. The van der Waals surface area contributed by atoms with E-state index in [1.165, 1.54) is 0 Å². The molecule has 0 spiro atoms. The molecule has 0 fully saturated rings. The number of carbonyl (C=O) groups is 2. The van der Waals surface area contributed by atoms with E-state index in [9.17, 15) is 18.0 Å². The molecule has 11 heteroatoms. The maximum Gasteiger partial charge on any atom is 0.268 e. The Hall–Kier alpha value is -5.01. The van der Waals surface area contributed by atoms with Crippen molar-refractivity contribution < 1.29 is 31.3 Å². The van der Waals surface area contributed by atoms with Crippen LogP contribution in [-0.4, -0.2) is 43.8 Å². The largest absolute Gasteiger partial charge is 0.305 e. The Labute approximate surface area is 354 Å². The molecule has 0 aromatic heterocycles. The molecule has 0 aliphatic carbocycles. The van der Waals surface area contributed by atoms with Crippen LogP contribution in [0.15, 0.2) is 133 Å². The summed E-state index contributed by atoms with van der Waals surface area (Å²) in [6.07, 6.45) is 0. The maximum absolute atomic E-state index is 15.3. The van der Waals surface area contributed by atoms with Crippen LogP contribution in [0.4, 0.5) is 0 Å². The van der Waals surface area contributed by atoms with E-state index in [2.05, 4.69) is 0 Å². The van der Waals surface area contributed by atoms with Crippen molar-refractivity contribution in [3.05, 3.63) is 189 Å². The average Bonchev–Trinajstić information content (AvgIpc) is 3.25. The zero-order chi connectivity index (χ0) is 43.4. The summed E-state index contributed by atoms with van der Waals surface area (Å²) in [6, 6.07) is 39.2. The first-order chi connectivity index (χ1) is 28.5. The lowest BCUT2D eigenvalue weighted by atomic mass is 9.92. The van der Waals surface area contributed by atoms with Crippen molar-refractivity contribution in [2.24, 2.45) is 0 Å². The second-order valence-corrected chi connectivity index (χ2v) is 22.5. The summed E-state index contributed by atoms with van der Waals surface area (Å²) in [4.78, 5) is 31.8. The van der Waals surface area contributed by atoms with Gasteiger partial charge in [-0.2, -0.15) is 8.42 Å². The summed E-state index contributed by atoms with van der Waals surface area (Å²) >= 11 is 0. The Bertz CT molecular complexity index is 2500. The van der Waals surface area contributed by atoms with E-state index in [0.29, 0.717) is 54.6 Å². The standard InChI is InChI=1S/C49H51NO7P2S/c1-34-30-36(3)46(48(51)58(53,40-20-12-8-13-21-40)41-22-14-9-15-23-41)38(5)44(34)32-50(28-29-60(55,56)57-7)33-45-35(2)31-37(4)47(39(45)6)49(52)59(54,42-24-16-10-17-25-42)43-26-18-11-19-27-43/h8-27,30-31H,28-29,32-33H2,1-7H3. The van der Waals surface area contributed by atoms with E-state index in [0.717, 1.165) is 29.4 Å². The van der Waals surface area contributed by atoms with Gasteiger partial charge in [-0.05, 0) is 86.1 Å². The molecule has 60 heavy (non-hydrogen) atoms. The first-order valence-electron chi connectivity index (χ1n) is 19.8. The molecule has 0 saturated carbocycles. The van der Waals surface area contributed by atoms with Crippen LogP contribution in [0.2, 0.25) is 0 Å². The maximum atomic E-state index is 15.3. The number of nitrogens with zero attached hydrogens (tertiary/aromatic N) is 1. The summed E-state index contributed by atoms with van der Waals surface area (Å²) in [7, 11) is -10.4. The van der Waals surface area contributed by atoms with Crippen LogP contribution >= 0.6 is 14.3 Å². The van der Waals surface area contributed by atoms with Gasteiger partial charge in [0.05, 0.1) is 12.9 Å². The van der Waals surface area contributed by atoms with Gasteiger partial charge >= 0.3 is 0 Å². The van der Waals surface area contributed by atoms with Crippen molar-refractivity contribution in [3.63, 3.8) is 0 Å². The molecule has 0 amide bonds. The number of aryl methyl sites for hydroxylation is 4. The van der Waals surface area contributed by atoms with E-state index in [1.54, 1.807) is 97.1 Å². The van der Waals surface area contributed by atoms with Crippen molar-refractivity contribution in [2.45, 2.75) is 54.6 Å². The lowest BCUT2D eigenvalue weighted by Crippen LogP contribution is -2.31. The van der Waals surface area contributed by atoms with Gasteiger partial charge < -0.3 is 9.13 Å². The number of carbonyl (C=O) groups excluding carboxylic acids is 2. The van der Waals surface area contributed by atoms with Crippen molar-refractivity contribution in [2.75, 3.05) is 19.4 Å². The molecule has 310 valence electrons. The molecule has 0 aliphatic heterocycles. The Morgan fingerprint density at radius 3 is 1.10 bits per heavy atom. The Kier molecular flexibility index (Phi) is 13.6. The number of benzene rings is 6. The smallest absolute Gasteiger partial charge is 0.268 e. The molecule has 0 atom stereocenters. The molecule has 0 N–H and O–H groups in total. The summed E-state index contributed by atoms with van der Waals surface area (Å²) in [5.41, 5.74) is 5.83. The van der Waals surface area contributed by atoms with Gasteiger partial charge in [-0.25, -0.2) is 0 Å². The molecule has 6 aromatic carbocycles. The van der Waals surface area contributed by atoms with Crippen LogP contribution in [0.5, 0.6) is 0 Å². The van der Waals surface area contributed by atoms with Gasteiger partial charge in [-0.1, -0.05) is 133 Å². The van der Waals surface area contributed by atoms with Crippen LogP contribution in [0.25, 0.3) is 0 Å². The normalized spacial score (nSPS) is 12.1. The van der Waals surface area contributed by atoms with Crippen LogP contribution in [0, 0.1) is 41.5 Å². The highest BCUT2D eigenvalue weighted by atomic mass is 32.2. The van der Waals surface area contributed by atoms with E-state index in [-0.39, 0.29) is 25.4 Å². The zero-order valence-electron chi connectivity index (χ0n) is 35.1. The lowest BCUT2D eigenvalue weighted by molar-refractivity contribution is 0.106. The third-order valence-corrected chi connectivity index (χ3v) is 18.3. The predicted molar refractivity (Wildman–Crippen MR) is 244 cm³/mol. The molecule has 8 nitrogen and oxygen atoms in total. The summed E-state index contributed by atoms with van der Waals surface area (Å²) in [5, 5.41) is 1.75. The van der Waals surface area contributed by atoms with Crippen molar-refractivity contribution in [1.29, 1.82) is 0 Å². The minimum absolute atomic E-state index is 0.0568. The molecule has 0 radical (unpaired) electrons. The van der Waals surface area contributed by atoms with Gasteiger partial charge in [-0.3, -0.25) is 18.7 Å². The van der Waals surface area contributed by atoms with Crippen molar-refractivity contribution in [1.82, 2.24) is 4.90 Å². The molecule has 6 aromatic rings. The summed E-state index contributed by atoms with van der Waals surface area (Å²) < 4.78 is 61.0. The molecular weight excluding hydrogens is 809 g/mol. The van der Waals surface area contributed by atoms with E-state index in [4.69, 9.17) is 4.18 Å². The fourth-order valence-corrected chi connectivity index (χ4v) is 14.1.